The predicted molar refractivity (Wildman–Crippen MR) is 48.7 cm³/mol. The van der Waals surface area contributed by atoms with Crippen LogP contribution in [-0.4, -0.2) is 19.2 Å². The number of hydrogen-bond acceptors (Lipinski definition) is 2. The zero-order chi connectivity index (χ0) is 7.98. The van der Waals surface area contributed by atoms with Gasteiger partial charge in [-0.2, -0.15) is 0 Å². The van der Waals surface area contributed by atoms with Gasteiger partial charge in [-0.05, 0) is 13.1 Å². The van der Waals surface area contributed by atoms with E-state index in [2.05, 4.69) is 13.7 Å². The molecule has 58 valence electrons. The van der Waals surface area contributed by atoms with Crippen molar-refractivity contribution in [3.8, 4) is 0 Å². The van der Waals surface area contributed by atoms with Crippen LogP contribution in [-0.2, 0) is 9.53 Å². The summed E-state index contributed by atoms with van der Waals surface area (Å²) in [5, 5.41) is 0. The lowest BCUT2D eigenvalue weighted by Crippen LogP contribution is -2.01. The fraction of sp³-hybridized carbons (Fsp3) is 0.500. The Morgan fingerprint density at radius 1 is 1.80 bits per heavy atom. The first-order chi connectivity index (χ1) is 4.72. The molecule has 0 spiro atoms. The summed E-state index contributed by atoms with van der Waals surface area (Å²) >= 11 is 0. The maximum atomic E-state index is 10.7. The van der Waals surface area contributed by atoms with Crippen molar-refractivity contribution in [2.75, 3.05) is 13.3 Å². The van der Waals surface area contributed by atoms with Gasteiger partial charge in [-0.1, -0.05) is 14.3 Å². The van der Waals surface area contributed by atoms with Gasteiger partial charge in [0.25, 0.3) is 0 Å². The van der Waals surface area contributed by atoms with Crippen LogP contribution in [0.2, 0.25) is 0 Å². The number of rotatable bonds is 3. The Balaban J connectivity index is 3.80. The van der Waals surface area contributed by atoms with Gasteiger partial charge in [0.2, 0.25) is 0 Å². The van der Waals surface area contributed by atoms with Crippen molar-refractivity contribution in [3.05, 3.63) is 11.6 Å². The van der Waals surface area contributed by atoms with E-state index in [-0.39, 0.29) is 5.97 Å². The van der Waals surface area contributed by atoms with Gasteiger partial charge in [-0.3, -0.25) is 0 Å². The topological polar surface area (TPSA) is 26.3 Å². The summed E-state index contributed by atoms with van der Waals surface area (Å²) in [5.41, 5.74) is 0.692. The molecule has 0 aromatic carbocycles. The Bertz CT molecular complexity index is 143. The van der Waals surface area contributed by atoms with Crippen molar-refractivity contribution in [2.24, 2.45) is 0 Å². The SMILES string of the molecule is COC(=O)/C(C)=C/CPP. The van der Waals surface area contributed by atoms with E-state index >= 15 is 0 Å². The summed E-state index contributed by atoms with van der Waals surface area (Å²) in [7, 11) is 4.79. The molecule has 0 saturated carbocycles. The highest BCUT2D eigenvalue weighted by Gasteiger charge is 1.99. The highest BCUT2D eigenvalue weighted by atomic mass is 32.0. The first-order valence-corrected chi connectivity index (χ1v) is 5.92. The van der Waals surface area contributed by atoms with Crippen molar-refractivity contribution in [1.82, 2.24) is 0 Å². The molecule has 0 aromatic heterocycles. The molecule has 0 radical (unpaired) electrons. The van der Waals surface area contributed by atoms with E-state index in [0.717, 1.165) is 14.4 Å². The Hall–Kier alpha value is 0.0700. The van der Waals surface area contributed by atoms with Crippen molar-refractivity contribution in [3.63, 3.8) is 0 Å². The first kappa shape index (κ1) is 10.1. The van der Waals surface area contributed by atoms with Gasteiger partial charge in [0.15, 0.2) is 0 Å². The lowest BCUT2D eigenvalue weighted by Gasteiger charge is -1.96. The average molecular weight is 178 g/mol. The maximum absolute atomic E-state index is 10.7. The molecule has 4 heteroatoms. The Morgan fingerprint density at radius 2 is 2.40 bits per heavy atom. The van der Waals surface area contributed by atoms with E-state index in [0.29, 0.717) is 5.57 Å². The number of carbonyl (C=O) groups is 1. The highest BCUT2D eigenvalue weighted by molar-refractivity contribution is 8.02. The third kappa shape index (κ3) is 3.98. The molecule has 0 rings (SSSR count). The molecule has 0 heterocycles. The van der Waals surface area contributed by atoms with Crippen LogP contribution in [0.15, 0.2) is 11.6 Å². The second-order valence-corrected chi connectivity index (χ2v) is 3.83. The monoisotopic (exact) mass is 178 g/mol. The van der Waals surface area contributed by atoms with Gasteiger partial charge in [0.05, 0.1) is 7.11 Å². The number of esters is 1. The third-order valence-corrected chi connectivity index (χ3v) is 2.18. The number of carbonyl (C=O) groups excluding carboxylic acids is 1. The van der Waals surface area contributed by atoms with Crippen LogP contribution in [0.1, 0.15) is 6.92 Å². The molecule has 10 heavy (non-hydrogen) atoms. The van der Waals surface area contributed by atoms with Gasteiger partial charge in [0.1, 0.15) is 0 Å². The molecule has 0 bridgehead atoms. The molecule has 0 saturated heterocycles. The number of allylic oxidation sites excluding steroid dienone is 1. The number of hydrogen-bond donors (Lipinski definition) is 0. The molecule has 2 atom stereocenters. The van der Waals surface area contributed by atoms with E-state index in [9.17, 15) is 4.79 Å². The fourth-order valence-electron chi connectivity index (χ4n) is 0.456. The van der Waals surface area contributed by atoms with E-state index in [1.54, 1.807) is 6.92 Å². The summed E-state index contributed by atoms with van der Waals surface area (Å²) in [6, 6.07) is 0. The van der Waals surface area contributed by atoms with E-state index in [1.165, 1.54) is 7.11 Å². The minimum absolute atomic E-state index is 0.233. The molecule has 2 nitrogen and oxygen atoms in total. The average Bonchev–Trinajstić information content (AvgIpc) is 1.98. The standard InChI is InChI=1S/C6H12O2P2/c1-5(3-4-10-9)6(7)8-2/h3,10H,4,9H2,1-2H3/b5-3+. The van der Waals surface area contributed by atoms with Crippen molar-refractivity contribution in [2.45, 2.75) is 6.92 Å². The van der Waals surface area contributed by atoms with Gasteiger partial charge in [-0.25, -0.2) is 4.79 Å². The quantitative estimate of drug-likeness (QED) is 0.372. The van der Waals surface area contributed by atoms with Crippen LogP contribution < -0.4 is 0 Å². The summed E-state index contributed by atoms with van der Waals surface area (Å²) in [6.07, 6.45) is 2.82. The molecule has 0 aliphatic rings. The summed E-state index contributed by atoms with van der Waals surface area (Å²) < 4.78 is 4.50. The van der Waals surface area contributed by atoms with E-state index in [1.807, 2.05) is 6.08 Å². The van der Waals surface area contributed by atoms with Gasteiger partial charge in [-0.15, -0.1) is 8.93 Å². The number of ether oxygens (including phenoxy) is 1. The smallest absolute Gasteiger partial charge is 0.333 e. The summed E-state index contributed by atoms with van der Waals surface area (Å²) in [6.45, 7) is 1.76. The second kappa shape index (κ2) is 5.82. The largest absolute Gasteiger partial charge is 0.466 e. The van der Waals surface area contributed by atoms with Crippen LogP contribution >= 0.6 is 17.2 Å². The van der Waals surface area contributed by atoms with Crippen LogP contribution in [0.4, 0.5) is 0 Å². The van der Waals surface area contributed by atoms with Crippen molar-refractivity contribution < 1.29 is 9.53 Å². The molecule has 0 aromatic rings. The van der Waals surface area contributed by atoms with Gasteiger partial charge >= 0.3 is 5.97 Å². The molecule has 0 aliphatic heterocycles. The number of methoxy groups -OCH3 is 1. The van der Waals surface area contributed by atoms with Crippen LogP contribution in [0.25, 0.3) is 0 Å². The van der Waals surface area contributed by atoms with Crippen molar-refractivity contribution in [1.29, 1.82) is 0 Å². The lowest BCUT2D eigenvalue weighted by molar-refractivity contribution is -0.136. The minimum Gasteiger partial charge on any atom is -0.466 e. The van der Waals surface area contributed by atoms with Crippen LogP contribution in [0, 0.1) is 0 Å². The van der Waals surface area contributed by atoms with Crippen LogP contribution in [0.3, 0.4) is 0 Å². The normalized spacial score (nSPS) is 12.5. The zero-order valence-corrected chi connectivity index (χ0v) is 8.33. The Kier molecular flexibility index (Phi) is 5.87. The maximum Gasteiger partial charge on any atom is 0.333 e. The lowest BCUT2D eigenvalue weighted by atomic mass is 10.3. The second-order valence-electron chi connectivity index (χ2n) is 1.79. The van der Waals surface area contributed by atoms with Gasteiger partial charge < -0.3 is 4.74 Å². The van der Waals surface area contributed by atoms with E-state index in [4.69, 9.17) is 0 Å². The molecule has 0 aliphatic carbocycles. The predicted octanol–water partition coefficient (Wildman–Crippen LogP) is 1.57. The Morgan fingerprint density at radius 3 is 2.80 bits per heavy atom. The molecule has 2 unspecified atom stereocenters. The molecule has 0 fully saturated rings. The van der Waals surface area contributed by atoms with Crippen molar-refractivity contribution >= 4 is 23.2 Å². The van der Waals surface area contributed by atoms with E-state index < -0.39 is 0 Å². The Labute approximate surface area is 65.3 Å². The molecular formula is C6H12O2P2. The summed E-state index contributed by atoms with van der Waals surface area (Å²) in [4.78, 5) is 10.7. The van der Waals surface area contributed by atoms with Gasteiger partial charge in [0, 0.05) is 5.57 Å². The van der Waals surface area contributed by atoms with Crippen LogP contribution in [0.5, 0.6) is 0 Å². The molecule has 0 amide bonds. The first-order valence-electron chi connectivity index (χ1n) is 2.91. The zero-order valence-electron chi connectivity index (χ0n) is 6.18. The fourth-order valence-corrected chi connectivity index (χ4v) is 1.23. The summed E-state index contributed by atoms with van der Waals surface area (Å²) in [5.74, 6) is -0.233. The molecular weight excluding hydrogens is 166 g/mol. The minimum atomic E-state index is -0.233. The highest BCUT2D eigenvalue weighted by Crippen LogP contribution is 2.19. The third-order valence-electron chi connectivity index (χ3n) is 1.03. The molecule has 0 N–H and O–H groups in total.